The summed E-state index contributed by atoms with van der Waals surface area (Å²) in [6.07, 6.45) is 0.772. The Labute approximate surface area is 125 Å². The number of aryl methyl sites for hydroxylation is 1. The minimum absolute atomic E-state index is 0.0434. The van der Waals surface area contributed by atoms with Crippen LogP contribution in [-0.4, -0.2) is 40.0 Å². The molecule has 9 heteroatoms. The average molecular weight is 326 g/mol. The molecule has 1 aromatic heterocycles. The van der Waals surface area contributed by atoms with E-state index in [1.807, 2.05) is 0 Å². The molecular weight excluding hydrogens is 314 g/mol. The number of aliphatic carboxylic acids is 1. The van der Waals surface area contributed by atoms with Crippen LogP contribution in [0, 0.1) is 6.92 Å². The van der Waals surface area contributed by atoms with Gasteiger partial charge in [-0.15, -0.1) is 0 Å². The summed E-state index contributed by atoms with van der Waals surface area (Å²) in [5, 5.41) is 11.1. The van der Waals surface area contributed by atoms with Crippen molar-refractivity contribution in [1.82, 2.24) is 13.1 Å². The number of nitrogens with zero attached hydrogens (tertiary/aromatic N) is 3. The quantitative estimate of drug-likeness (QED) is 0.780. The van der Waals surface area contributed by atoms with E-state index in [2.05, 4.69) is 8.75 Å². The van der Waals surface area contributed by atoms with E-state index in [0.717, 1.165) is 16.0 Å². The molecule has 0 amide bonds. The SMILES string of the molecule is Cc1ccc2nsnc2c1S(=O)(=O)N1CCC[C@H]1C(=O)[O-]. The Balaban J connectivity index is 2.19. The van der Waals surface area contributed by atoms with Crippen molar-refractivity contribution in [2.75, 3.05) is 6.54 Å². The summed E-state index contributed by atoms with van der Waals surface area (Å²) in [6.45, 7) is 1.84. The van der Waals surface area contributed by atoms with Crippen LogP contribution in [0.5, 0.6) is 0 Å². The van der Waals surface area contributed by atoms with Crippen LogP contribution < -0.4 is 5.11 Å². The first-order chi connectivity index (χ1) is 9.93. The van der Waals surface area contributed by atoms with E-state index in [4.69, 9.17) is 0 Å². The van der Waals surface area contributed by atoms with Gasteiger partial charge in [-0.3, -0.25) is 0 Å². The van der Waals surface area contributed by atoms with Crippen LogP contribution in [0.3, 0.4) is 0 Å². The second-order valence-corrected chi connectivity index (χ2v) is 7.29. The van der Waals surface area contributed by atoms with E-state index in [1.54, 1.807) is 19.1 Å². The predicted octanol–water partition coefficient (Wildman–Crippen LogP) is -0.0973. The third kappa shape index (κ3) is 2.21. The molecule has 0 radical (unpaired) electrons. The second-order valence-electron chi connectivity index (χ2n) is 4.94. The number of sulfonamides is 1. The monoisotopic (exact) mass is 326 g/mol. The highest BCUT2D eigenvalue weighted by molar-refractivity contribution is 7.89. The summed E-state index contributed by atoms with van der Waals surface area (Å²) in [6, 6.07) is 2.24. The molecule has 112 valence electrons. The smallest absolute Gasteiger partial charge is 0.246 e. The van der Waals surface area contributed by atoms with Gasteiger partial charge in [-0.05, 0) is 31.4 Å². The van der Waals surface area contributed by atoms with Gasteiger partial charge in [-0.2, -0.15) is 13.1 Å². The highest BCUT2D eigenvalue weighted by atomic mass is 32.2. The van der Waals surface area contributed by atoms with Gasteiger partial charge in [0.1, 0.15) is 15.9 Å². The van der Waals surface area contributed by atoms with Crippen molar-refractivity contribution < 1.29 is 18.3 Å². The maximum atomic E-state index is 12.9. The van der Waals surface area contributed by atoms with Gasteiger partial charge in [0.05, 0.1) is 23.7 Å². The van der Waals surface area contributed by atoms with Gasteiger partial charge < -0.3 is 9.90 Å². The fraction of sp³-hybridized carbons (Fsp3) is 0.417. The zero-order valence-corrected chi connectivity index (χ0v) is 12.8. The van der Waals surface area contributed by atoms with Gasteiger partial charge >= 0.3 is 0 Å². The van der Waals surface area contributed by atoms with Gasteiger partial charge in [0, 0.05) is 6.54 Å². The fourth-order valence-electron chi connectivity index (χ4n) is 2.64. The van der Waals surface area contributed by atoms with E-state index < -0.39 is 22.0 Å². The van der Waals surface area contributed by atoms with Crippen molar-refractivity contribution in [1.29, 1.82) is 0 Å². The molecule has 1 fully saturated rings. The first-order valence-corrected chi connectivity index (χ1v) is 8.54. The van der Waals surface area contributed by atoms with Gasteiger partial charge in [0.2, 0.25) is 10.0 Å². The van der Waals surface area contributed by atoms with E-state index >= 15 is 0 Å². The van der Waals surface area contributed by atoms with Crippen molar-refractivity contribution in [2.45, 2.75) is 30.7 Å². The molecule has 0 bridgehead atoms. The third-order valence-electron chi connectivity index (χ3n) is 3.62. The third-order valence-corrected chi connectivity index (χ3v) is 6.25. The maximum Gasteiger partial charge on any atom is 0.246 e. The topological polar surface area (TPSA) is 103 Å². The number of carbonyl (C=O) groups is 1. The lowest BCUT2D eigenvalue weighted by Crippen LogP contribution is -2.47. The number of rotatable bonds is 3. The van der Waals surface area contributed by atoms with Crippen molar-refractivity contribution >= 4 is 38.8 Å². The van der Waals surface area contributed by atoms with Crippen molar-refractivity contribution in [2.24, 2.45) is 0 Å². The van der Waals surface area contributed by atoms with Crippen LogP contribution in [0.25, 0.3) is 11.0 Å². The van der Waals surface area contributed by atoms with Crippen molar-refractivity contribution in [3.05, 3.63) is 17.7 Å². The Morgan fingerprint density at radius 3 is 2.90 bits per heavy atom. The molecule has 2 heterocycles. The van der Waals surface area contributed by atoms with Crippen LogP contribution in [0.1, 0.15) is 18.4 Å². The number of carboxylic acids is 1. The zero-order valence-electron chi connectivity index (χ0n) is 11.1. The van der Waals surface area contributed by atoms with Crippen LogP contribution >= 0.6 is 11.7 Å². The van der Waals surface area contributed by atoms with Gasteiger partial charge in [0.15, 0.2) is 0 Å². The predicted molar refractivity (Wildman–Crippen MR) is 74.1 cm³/mol. The Hall–Kier alpha value is -1.58. The molecule has 21 heavy (non-hydrogen) atoms. The van der Waals surface area contributed by atoms with Crippen LogP contribution in [0.4, 0.5) is 0 Å². The van der Waals surface area contributed by atoms with Gasteiger partial charge in [-0.25, -0.2) is 8.42 Å². The molecule has 1 aliphatic rings. The minimum Gasteiger partial charge on any atom is -0.548 e. The molecule has 7 nitrogen and oxygen atoms in total. The lowest BCUT2D eigenvalue weighted by molar-refractivity contribution is -0.309. The number of benzene rings is 1. The zero-order chi connectivity index (χ0) is 15.2. The Morgan fingerprint density at radius 2 is 2.19 bits per heavy atom. The Morgan fingerprint density at radius 1 is 1.43 bits per heavy atom. The lowest BCUT2D eigenvalue weighted by Gasteiger charge is -2.25. The minimum atomic E-state index is -3.94. The number of carboxylic acid groups (broad SMARTS) is 1. The summed E-state index contributed by atoms with van der Waals surface area (Å²) in [5.41, 5.74) is 1.32. The number of fused-ring (bicyclic) bond motifs is 1. The first-order valence-electron chi connectivity index (χ1n) is 6.37. The number of aromatic nitrogens is 2. The highest BCUT2D eigenvalue weighted by Crippen LogP contribution is 2.31. The molecular formula is C12H12N3O4S2-. The Bertz CT molecular complexity index is 815. The molecule has 2 aromatic rings. The first kappa shape index (κ1) is 14.4. The number of hydrogen-bond acceptors (Lipinski definition) is 7. The molecule has 1 saturated heterocycles. The summed E-state index contributed by atoms with van der Waals surface area (Å²) in [4.78, 5) is 11.2. The van der Waals surface area contributed by atoms with E-state index in [1.165, 1.54) is 0 Å². The molecule has 1 aliphatic heterocycles. The Kier molecular flexibility index (Phi) is 3.42. The standard InChI is InChI=1S/C12H13N3O4S2/c1-7-4-5-8-10(14-20-13-8)11(7)21(18,19)15-6-2-3-9(15)12(16)17/h4-5,9H,2-3,6H2,1H3,(H,16,17)/p-1/t9-/m0/s1. The fourth-order valence-corrected chi connectivity index (χ4v) is 5.24. The average Bonchev–Trinajstić information content (AvgIpc) is 3.06. The van der Waals surface area contributed by atoms with Crippen molar-refractivity contribution in [3.8, 4) is 0 Å². The molecule has 0 N–H and O–H groups in total. The molecule has 0 unspecified atom stereocenters. The van der Waals surface area contributed by atoms with E-state index in [9.17, 15) is 18.3 Å². The molecule has 0 spiro atoms. The van der Waals surface area contributed by atoms with Crippen LogP contribution in [0.15, 0.2) is 17.0 Å². The van der Waals surface area contributed by atoms with Gasteiger partial charge in [0.25, 0.3) is 0 Å². The molecule has 0 saturated carbocycles. The van der Waals surface area contributed by atoms with Crippen LogP contribution in [-0.2, 0) is 14.8 Å². The summed E-state index contributed by atoms with van der Waals surface area (Å²) >= 11 is 0.930. The molecule has 1 aromatic carbocycles. The molecule has 3 rings (SSSR count). The molecule has 1 atom stereocenters. The largest absolute Gasteiger partial charge is 0.548 e. The number of hydrogen-bond donors (Lipinski definition) is 0. The summed E-state index contributed by atoms with van der Waals surface area (Å²) in [5.74, 6) is -1.36. The maximum absolute atomic E-state index is 12.9. The van der Waals surface area contributed by atoms with Gasteiger partial charge in [-0.1, -0.05) is 6.07 Å². The highest BCUT2D eigenvalue weighted by Gasteiger charge is 2.38. The van der Waals surface area contributed by atoms with E-state index in [-0.39, 0.29) is 17.9 Å². The van der Waals surface area contributed by atoms with Crippen LogP contribution in [0.2, 0.25) is 0 Å². The summed E-state index contributed by atoms with van der Waals surface area (Å²) < 4.78 is 34.8. The van der Waals surface area contributed by atoms with E-state index in [0.29, 0.717) is 23.0 Å². The normalized spacial score (nSPS) is 20.1. The molecule has 0 aliphatic carbocycles. The number of carbonyl (C=O) groups excluding carboxylic acids is 1. The second kappa shape index (κ2) is 5.00. The summed E-state index contributed by atoms with van der Waals surface area (Å²) in [7, 11) is -3.94. The lowest BCUT2D eigenvalue weighted by atomic mass is 10.2. The van der Waals surface area contributed by atoms with Crippen molar-refractivity contribution in [3.63, 3.8) is 0 Å².